The highest BCUT2D eigenvalue weighted by Gasteiger charge is 2.28. The van der Waals surface area contributed by atoms with E-state index in [1.165, 1.54) is 5.56 Å². The van der Waals surface area contributed by atoms with Crippen molar-refractivity contribution in [2.75, 3.05) is 31.1 Å². The molecular weight excluding hydrogens is 324 g/mol. The zero-order valence-corrected chi connectivity index (χ0v) is 17.5. The van der Waals surface area contributed by atoms with Crippen LogP contribution in [0.4, 0.5) is 5.82 Å². The van der Waals surface area contributed by atoms with E-state index in [1.807, 2.05) is 6.92 Å². The molecule has 2 heterocycles. The first-order chi connectivity index (χ1) is 12.4. The molecule has 0 bridgehead atoms. The van der Waals surface area contributed by atoms with Crippen LogP contribution in [0, 0.1) is 19.8 Å². The molecule has 5 nitrogen and oxygen atoms in total. The van der Waals surface area contributed by atoms with Gasteiger partial charge in [-0.1, -0.05) is 40.5 Å². The van der Waals surface area contributed by atoms with Gasteiger partial charge < -0.3 is 9.80 Å². The molecule has 1 fully saturated rings. The van der Waals surface area contributed by atoms with Crippen molar-refractivity contribution < 1.29 is 4.79 Å². The lowest BCUT2D eigenvalue weighted by molar-refractivity contribution is -0.136. The molecule has 0 aromatic carbocycles. The van der Waals surface area contributed by atoms with Crippen LogP contribution in [0.5, 0.6) is 0 Å². The molecule has 1 amide bonds. The van der Waals surface area contributed by atoms with Crippen molar-refractivity contribution in [1.82, 2.24) is 14.9 Å². The van der Waals surface area contributed by atoms with E-state index < -0.39 is 0 Å². The first kappa shape index (κ1) is 20.7. The number of rotatable bonds is 7. The van der Waals surface area contributed by atoms with Gasteiger partial charge in [-0.15, -0.1) is 0 Å². The summed E-state index contributed by atoms with van der Waals surface area (Å²) in [6.07, 6.45) is 4.26. The van der Waals surface area contributed by atoms with Gasteiger partial charge in [0, 0.05) is 43.4 Å². The van der Waals surface area contributed by atoms with Gasteiger partial charge in [-0.3, -0.25) is 4.79 Å². The van der Waals surface area contributed by atoms with E-state index in [0.717, 1.165) is 69.2 Å². The zero-order chi connectivity index (χ0) is 19.3. The predicted octanol–water partition coefficient (Wildman–Crippen LogP) is 4.08. The highest BCUT2D eigenvalue weighted by molar-refractivity contribution is 5.79. The molecule has 1 aliphatic heterocycles. The highest BCUT2D eigenvalue weighted by Crippen LogP contribution is 2.29. The van der Waals surface area contributed by atoms with Gasteiger partial charge in [-0.2, -0.15) is 0 Å². The van der Waals surface area contributed by atoms with E-state index in [9.17, 15) is 4.79 Å². The second-order valence-corrected chi connectivity index (χ2v) is 7.81. The minimum absolute atomic E-state index is 0.191. The number of unbranched alkanes of at least 4 members (excludes halogenated alkanes) is 1. The van der Waals surface area contributed by atoms with Crippen LogP contribution in [0.3, 0.4) is 0 Å². The second kappa shape index (κ2) is 9.33. The lowest BCUT2D eigenvalue weighted by Gasteiger charge is -2.38. The standard InChI is InChI=1S/C21H36N4O/c1-7-9-10-18(8-2)21(26)25-13-11-24(12-14-25)20-19(15(3)4)16(5)22-17(6)23-20/h15,18H,7-14H2,1-6H3. The molecule has 1 saturated heterocycles. The molecule has 5 heteroatoms. The predicted molar refractivity (Wildman–Crippen MR) is 108 cm³/mol. The van der Waals surface area contributed by atoms with Crippen molar-refractivity contribution in [3.05, 3.63) is 17.1 Å². The summed E-state index contributed by atoms with van der Waals surface area (Å²) in [5.41, 5.74) is 2.32. The largest absolute Gasteiger partial charge is 0.353 e. The Morgan fingerprint density at radius 2 is 1.73 bits per heavy atom. The minimum Gasteiger partial charge on any atom is -0.353 e. The van der Waals surface area contributed by atoms with Crippen LogP contribution < -0.4 is 4.90 Å². The van der Waals surface area contributed by atoms with Crippen molar-refractivity contribution in [1.29, 1.82) is 0 Å². The summed E-state index contributed by atoms with van der Waals surface area (Å²) in [6.45, 7) is 16.0. The Morgan fingerprint density at radius 3 is 2.27 bits per heavy atom. The van der Waals surface area contributed by atoms with E-state index in [-0.39, 0.29) is 5.92 Å². The number of anilines is 1. The first-order valence-electron chi connectivity index (χ1n) is 10.3. The SMILES string of the molecule is CCCCC(CC)C(=O)N1CCN(c2nc(C)nc(C)c2C(C)C)CC1. The number of nitrogens with zero attached hydrogens (tertiary/aromatic N) is 4. The number of hydrogen-bond donors (Lipinski definition) is 0. The van der Waals surface area contributed by atoms with Crippen molar-refractivity contribution >= 4 is 11.7 Å². The number of aryl methyl sites for hydroxylation is 2. The average molecular weight is 361 g/mol. The summed E-state index contributed by atoms with van der Waals surface area (Å²) in [4.78, 5) is 26.6. The average Bonchev–Trinajstić information content (AvgIpc) is 2.61. The Morgan fingerprint density at radius 1 is 1.08 bits per heavy atom. The van der Waals surface area contributed by atoms with Gasteiger partial charge in [0.2, 0.25) is 5.91 Å². The summed E-state index contributed by atoms with van der Waals surface area (Å²) in [5, 5.41) is 0. The van der Waals surface area contributed by atoms with E-state index in [1.54, 1.807) is 0 Å². The molecule has 1 atom stereocenters. The van der Waals surface area contributed by atoms with Crippen LogP contribution in [-0.2, 0) is 4.79 Å². The molecule has 0 N–H and O–H groups in total. The zero-order valence-electron chi connectivity index (χ0n) is 17.5. The summed E-state index contributed by atoms with van der Waals surface area (Å²) in [7, 11) is 0. The number of hydrogen-bond acceptors (Lipinski definition) is 4. The van der Waals surface area contributed by atoms with E-state index in [2.05, 4.69) is 49.4 Å². The molecule has 0 aliphatic carbocycles. The topological polar surface area (TPSA) is 49.3 Å². The quantitative estimate of drug-likeness (QED) is 0.735. The van der Waals surface area contributed by atoms with Gasteiger partial charge in [-0.25, -0.2) is 9.97 Å². The summed E-state index contributed by atoms with van der Waals surface area (Å²) in [6, 6.07) is 0. The summed E-state index contributed by atoms with van der Waals surface area (Å²) >= 11 is 0. The smallest absolute Gasteiger partial charge is 0.225 e. The fraction of sp³-hybridized carbons (Fsp3) is 0.762. The third-order valence-electron chi connectivity index (χ3n) is 5.44. The van der Waals surface area contributed by atoms with Crippen LogP contribution in [0.25, 0.3) is 0 Å². The maximum atomic E-state index is 12.8. The fourth-order valence-corrected chi connectivity index (χ4v) is 3.97. The lowest BCUT2D eigenvalue weighted by Crippen LogP contribution is -2.51. The van der Waals surface area contributed by atoms with Gasteiger partial charge in [0.05, 0.1) is 0 Å². The summed E-state index contributed by atoms with van der Waals surface area (Å²) in [5.74, 6) is 2.82. The molecule has 26 heavy (non-hydrogen) atoms. The number of amides is 1. The number of piperazine rings is 1. The maximum absolute atomic E-state index is 12.8. The fourth-order valence-electron chi connectivity index (χ4n) is 3.97. The minimum atomic E-state index is 0.191. The molecule has 1 unspecified atom stereocenters. The Bertz CT molecular complexity index is 606. The Labute approximate surface area is 159 Å². The molecule has 0 spiro atoms. The van der Waals surface area contributed by atoms with E-state index in [0.29, 0.717) is 11.8 Å². The molecule has 1 aliphatic rings. The lowest BCUT2D eigenvalue weighted by atomic mass is 9.97. The second-order valence-electron chi connectivity index (χ2n) is 7.81. The Kier molecular flexibility index (Phi) is 7.42. The summed E-state index contributed by atoms with van der Waals surface area (Å²) < 4.78 is 0. The normalized spacial score (nSPS) is 16.3. The number of carbonyl (C=O) groups excluding carboxylic acids is 1. The van der Waals surface area contributed by atoms with Crippen LogP contribution in [0.2, 0.25) is 0 Å². The van der Waals surface area contributed by atoms with Gasteiger partial charge in [0.25, 0.3) is 0 Å². The van der Waals surface area contributed by atoms with Gasteiger partial charge in [0.1, 0.15) is 11.6 Å². The Balaban J connectivity index is 2.08. The highest BCUT2D eigenvalue weighted by atomic mass is 16.2. The van der Waals surface area contributed by atoms with Crippen LogP contribution in [0.1, 0.15) is 76.4 Å². The van der Waals surface area contributed by atoms with E-state index >= 15 is 0 Å². The number of carbonyl (C=O) groups is 1. The van der Waals surface area contributed by atoms with Crippen LogP contribution >= 0.6 is 0 Å². The molecule has 2 rings (SSSR count). The van der Waals surface area contributed by atoms with Crippen molar-refractivity contribution in [2.24, 2.45) is 5.92 Å². The molecule has 0 radical (unpaired) electrons. The maximum Gasteiger partial charge on any atom is 0.225 e. The van der Waals surface area contributed by atoms with Gasteiger partial charge >= 0.3 is 0 Å². The third kappa shape index (κ3) is 4.74. The third-order valence-corrected chi connectivity index (χ3v) is 5.44. The Hall–Kier alpha value is -1.65. The number of aromatic nitrogens is 2. The molecule has 146 valence electrons. The van der Waals surface area contributed by atoms with Crippen molar-refractivity contribution in [2.45, 2.75) is 73.1 Å². The first-order valence-corrected chi connectivity index (χ1v) is 10.3. The van der Waals surface area contributed by atoms with Gasteiger partial charge in [-0.05, 0) is 32.6 Å². The molecule has 1 aromatic heterocycles. The van der Waals surface area contributed by atoms with Gasteiger partial charge in [0.15, 0.2) is 0 Å². The van der Waals surface area contributed by atoms with Crippen molar-refractivity contribution in [3.63, 3.8) is 0 Å². The van der Waals surface area contributed by atoms with Crippen LogP contribution in [0.15, 0.2) is 0 Å². The van der Waals surface area contributed by atoms with Crippen molar-refractivity contribution in [3.8, 4) is 0 Å². The molecular formula is C21H36N4O. The molecule has 0 saturated carbocycles. The van der Waals surface area contributed by atoms with Crippen LogP contribution in [-0.4, -0.2) is 47.0 Å². The monoisotopic (exact) mass is 360 g/mol. The molecule has 1 aromatic rings. The van der Waals surface area contributed by atoms with E-state index in [4.69, 9.17) is 4.98 Å².